The molecule has 176 valence electrons. The Morgan fingerprint density at radius 2 is 1.91 bits per heavy atom. The number of benzene rings is 3. The van der Waals surface area contributed by atoms with Crippen molar-refractivity contribution in [3.8, 4) is 17.6 Å². The van der Waals surface area contributed by atoms with Gasteiger partial charge >= 0.3 is 0 Å². The monoisotopic (exact) mass is 523 g/mol. The largest absolute Gasteiger partial charge is 0.490 e. The highest BCUT2D eigenvalue weighted by Gasteiger charge is 2.24. The number of carbonyl (C=O) groups excluding carboxylic acids is 1. The normalized spacial score (nSPS) is 15.2. The second kappa shape index (κ2) is 11.3. The van der Waals surface area contributed by atoms with E-state index in [1.807, 2.05) is 31.2 Å². The molecule has 0 saturated carbocycles. The number of hydrogen-bond donors (Lipinski definition) is 1. The summed E-state index contributed by atoms with van der Waals surface area (Å²) in [5, 5.41) is 13.1. The first-order valence-corrected chi connectivity index (χ1v) is 12.2. The van der Waals surface area contributed by atoms with Crippen LogP contribution in [0.25, 0.3) is 6.08 Å². The standard InChI is InChI=1S/C26H19Cl2N3O3S/c1-2-33-22-12-16(10-11-21(22)34-15-18-7-4-3-6-17(18)14-29)13-23-25(32)31-26(35-23)30-20-9-5-8-19(27)24(20)28/h3-13H,2,15H2,1H3,(H,30,31,32)/b23-13-. The molecule has 0 atom stereocenters. The van der Waals surface area contributed by atoms with Gasteiger partial charge in [0.2, 0.25) is 0 Å². The summed E-state index contributed by atoms with van der Waals surface area (Å²) in [6.45, 7) is 2.55. The van der Waals surface area contributed by atoms with Gasteiger partial charge in [-0.1, -0.05) is 53.5 Å². The van der Waals surface area contributed by atoms with Crippen molar-refractivity contribution in [3.05, 3.63) is 92.3 Å². The van der Waals surface area contributed by atoms with Crippen LogP contribution in [0.5, 0.6) is 11.5 Å². The lowest BCUT2D eigenvalue weighted by Gasteiger charge is -2.13. The number of hydrogen-bond acceptors (Lipinski definition) is 6. The van der Waals surface area contributed by atoms with Gasteiger partial charge in [0.15, 0.2) is 16.7 Å². The van der Waals surface area contributed by atoms with E-state index in [1.165, 1.54) is 11.8 Å². The first-order valence-electron chi connectivity index (χ1n) is 10.6. The molecular formula is C26H19Cl2N3O3S. The number of carbonyl (C=O) groups is 1. The van der Waals surface area contributed by atoms with E-state index < -0.39 is 0 Å². The Balaban J connectivity index is 1.54. The minimum Gasteiger partial charge on any atom is -0.490 e. The summed E-state index contributed by atoms with van der Waals surface area (Å²) in [5.41, 5.74) is 2.58. The first kappa shape index (κ1) is 24.7. The van der Waals surface area contributed by atoms with Crippen molar-refractivity contribution in [3.63, 3.8) is 0 Å². The number of amidine groups is 1. The van der Waals surface area contributed by atoms with Crippen LogP contribution in [0.1, 0.15) is 23.6 Å². The third-order valence-electron chi connectivity index (χ3n) is 4.89. The average molecular weight is 524 g/mol. The van der Waals surface area contributed by atoms with Crippen LogP contribution < -0.4 is 14.8 Å². The Kier molecular flexibility index (Phi) is 7.98. The summed E-state index contributed by atoms with van der Waals surface area (Å²) >= 11 is 13.5. The minimum absolute atomic E-state index is 0.231. The fourth-order valence-corrected chi connectivity index (χ4v) is 4.41. The molecule has 1 amide bonds. The van der Waals surface area contributed by atoms with E-state index in [1.54, 1.807) is 42.5 Å². The smallest absolute Gasteiger partial charge is 0.264 e. The molecular weight excluding hydrogens is 505 g/mol. The van der Waals surface area contributed by atoms with Crippen LogP contribution in [0.3, 0.4) is 0 Å². The highest BCUT2D eigenvalue weighted by molar-refractivity contribution is 8.18. The van der Waals surface area contributed by atoms with Crippen LogP contribution in [-0.4, -0.2) is 17.7 Å². The van der Waals surface area contributed by atoms with Gasteiger partial charge in [0.1, 0.15) is 6.61 Å². The SMILES string of the molecule is CCOc1cc(/C=C2\SC(=Nc3cccc(Cl)c3Cl)NC2=O)ccc1OCc1ccccc1C#N. The van der Waals surface area contributed by atoms with Crippen LogP contribution in [0.15, 0.2) is 70.6 Å². The van der Waals surface area contributed by atoms with Gasteiger partial charge in [-0.15, -0.1) is 0 Å². The maximum Gasteiger partial charge on any atom is 0.264 e. The lowest BCUT2D eigenvalue weighted by molar-refractivity contribution is -0.115. The second-order valence-corrected chi connectivity index (χ2v) is 9.07. The molecule has 1 aliphatic rings. The Morgan fingerprint density at radius 1 is 1.09 bits per heavy atom. The van der Waals surface area contributed by atoms with E-state index in [2.05, 4.69) is 16.4 Å². The molecule has 1 N–H and O–H groups in total. The lowest BCUT2D eigenvalue weighted by atomic mass is 10.1. The molecule has 1 aliphatic heterocycles. The predicted molar refractivity (Wildman–Crippen MR) is 140 cm³/mol. The molecule has 6 nitrogen and oxygen atoms in total. The van der Waals surface area contributed by atoms with E-state index >= 15 is 0 Å². The number of halogens is 2. The van der Waals surface area contributed by atoms with Gasteiger partial charge in [0, 0.05) is 5.56 Å². The van der Waals surface area contributed by atoms with Crippen molar-refractivity contribution in [1.29, 1.82) is 5.26 Å². The Bertz CT molecular complexity index is 1380. The summed E-state index contributed by atoms with van der Waals surface area (Å²) < 4.78 is 11.7. The number of ether oxygens (including phenoxy) is 2. The Labute approximate surface area is 217 Å². The van der Waals surface area contributed by atoms with Crippen molar-refractivity contribution in [2.24, 2.45) is 4.99 Å². The van der Waals surface area contributed by atoms with Crippen LogP contribution in [0, 0.1) is 11.3 Å². The maximum atomic E-state index is 12.5. The van der Waals surface area contributed by atoms with Gasteiger partial charge < -0.3 is 14.8 Å². The molecule has 0 bridgehead atoms. The van der Waals surface area contributed by atoms with Gasteiger partial charge in [-0.25, -0.2) is 4.99 Å². The third-order valence-corrected chi connectivity index (χ3v) is 6.61. The van der Waals surface area contributed by atoms with Gasteiger partial charge in [0.05, 0.1) is 38.9 Å². The Hall–Kier alpha value is -3.44. The number of thioether (sulfide) groups is 1. The quantitative estimate of drug-likeness (QED) is 0.347. The molecule has 1 fully saturated rings. The molecule has 35 heavy (non-hydrogen) atoms. The van der Waals surface area contributed by atoms with E-state index in [4.69, 9.17) is 32.7 Å². The molecule has 0 radical (unpaired) electrons. The molecule has 0 unspecified atom stereocenters. The maximum absolute atomic E-state index is 12.5. The summed E-state index contributed by atoms with van der Waals surface area (Å²) in [6.07, 6.45) is 1.75. The summed E-state index contributed by atoms with van der Waals surface area (Å²) in [5.74, 6) is 0.820. The number of nitriles is 1. The van der Waals surface area contributed by atoms with Crippen molar-refractivity contribution in [2.75, 3.05) is 6.61 Å². The molecule has 4 rings (SSSR count). The van der Waals surface area contributed by atoms with Crippen LogP contribution in [-0.2, 0) is 11.4 Å². The average Bonchev–Trinajstić information content (AvgIpc) is 3.20. The van der Waals surface area contributed by atoms with Crippen molar-refractivity contribution in [2.45, 2.75) is 13.5 Å². The first-order chi connectivity index (χ1) is 17.0. The zero-order valence-corrected chi connectivity index (χ0v) is 20.9. The van der Waals surface area contributed by atoms with Gasteiger partial charge in [0.25, 0.3) is 5.91 Å². The lowest BCUT2D eigenvalue weighted by Crippen LogP contribution is -2.19. The zero-order chi connectivity index (χ0) is 24.8. The van der Waals surface area contributed by atoms with Crippen LogP contribution in [0.2, 0.25) is 10.0 Å². The van der Waals surface area contributed by atoms with E-state index in [0.717, 1.165) is 11.1 Å². The highest BCUT2D eigenvalue weighted by atomic mass is 35.5. The number of amides is 1. The summed E-state index contributed by atoms with van der Waals surface area (Å²) in [4.78, 5) is 17.4. The molecule has 1 heterocycles. The van der Waals surface area contributed by atoms with Gasteiger partial charge in [-0.3, -0.25) is 4.79 Å². The zero-order valence-electron chi connectivity index (χ0n) is 18.5. The Morgan fingerprint density at radius 3 is 2.71 bits per heavy atom. The number of nitrogens with zero attached hydrogens (tertiary/aromatic N) is 2. The molecule has 0 spiro atoms. The van der Waals surface area contributed by atoms with Gasteiger partial charge in [-0.05, 0) is 60.7 Å². The van der Waals surface area contributed by atoms with Crippen molar-refractivity contribution < 1.29 is 14.3 Å². The molecule has 0 aromatic heterocycles. The molecule has 0 aliphatic carbocycles. The molecule has 3 aromatic carbocycles. The predicted octanol–water partition coefficient (Wildman–Crippen LogP) is 6.73. The molecule has 1 saturated heterocycles. The number of aliphatic imine (C=N–C) groups is 1. The second-order valence-electron chi connectivity index (χ2n) is 7.25. The van der Waals surface area contributed by atoms with Crippen molar-refractivity contribution >= 4 is 57.8 Å². The molecule has 3 aromatic rings. The number of rotatable bonds is 7. The molecule has 9 heteroatoms. The van der Waals surface area contributed by atoms with E-state index in [0.29, 0.717) is 49.5 Å². The highest BCUT2D eigenvalue weighted by Crippen LogP contribution is 2.35. The third kappa shape index (κ3) is 5.98. The fraction of sp³-hybridized carbons (Fsp3) is 0.115. The topological polar surface area (TPSA) is 83.7 Å². The summed E-state index contributed by atoms with van der Waals surface area (Å²) in [7, 11) is 0. The summed E-state index contributed by atoms with van der Waals surface area (Å²) in [6, 6.07) is 20.0. The van der Waals surface area contributed by atoms with E-state index in [9.17, 15) is 10.1 Å². The van der Waals surface area contributed by atoms with Crippen molar-refractivity contribution in [1.82, 2.24) is 5.32 Å². The van der Waals surface area contributed by atoms with Crippen LogP contribution in [0.4, 0.5) is 5.69 Å². The van der Waals surface area contributed by atoms with Crippen LogP contribution >= 0.6 is 35.0 Å². The van der Waals surface area contributed by atoms with Gasteiger partial charge in [-0.2, -0.15) is 5.26 Å². The fourth-order valence-electron chi connectivity index (χ4n) is 3.23. The number of nitrogens with one attached hydrogen (secondary N) is 1. The van der Waals surface area contributed by atoms with E-state index in [-0.39, 0.29) is 12.5 Å². The minimum atomic E-state index is -0.265.